The SMILES string of the molecule is CCOCn1cc(F)c(=O)n(C(=O)c2cccc(C(=O)O)c2)c1=O. The van der Waals surface area contributed by atoms with Crippen LogP contribution in [0.2, 0.25) is 0 Å². The summed E-state index contributed by atoms with van der Waals surface area (Å²) in [7, 11) is 0. The van der Waals surface area contributed by atoms with Gasteiger partial charge >= 0.3 is 11.7 Å². The van der Waals surface area contributed by atoms with E-state index in [1.54, 1.807) is 6.92 Å². The molecule has 0 atom stereocenters. The molecule has 1 heterocycles. The number of carbonyl (C=O) groups excluding carboxylic acids is 1. The summed E-state index contributed by atoms with van der Waals surface area (Å²) in [5, 5.41) is 8.93. The highest BCUT2D eigenvalue weighted by atomic mass is 19.1. The van der Waals surface area contributed by atoms with E-state index in [2.05, 4.69) is 0 Å². The molecule has 0 saturated carbocycles. The molecule has 0 aliphatic rings. The zero-order chi connectivity index (χ0) is 17.9. The van der Waals surface area contributed by atoms with Gasteiger partial charge in [-0.05, 0) is 25.1 Å². The van der Waals surface area contributed by atoms with Crippen LogP contribution in [-0.2, 0) is 11.5 Å². The maximum atomic E-state index is 13.7. The summed E-state index contributed by atoms with van der Waals surface area (Å²) in [6.45, 7) is 1.55. The number of aromatic nitrogens is 2. The highest BCUT2D eigenvalue weighted by Crippen LogP contribution is 2.06. The molecule has 0 radical (unpaired) electrons. The van der Waals surface area contributed by atoms with Gasteiger partial charge in [0.25, 0.3) is 11.5 Å². The molecule has 0 bridgehead atoms. The number of nitrogens with zero attached hydrogens (tertiary/aromatic N) is 2. The first-order valence-corrected chi connectivity index (χ1v) is 6.84. The summed E-state index contributed by atoms with van der Waals surface area (Å²) in [4.78, 5) is 47.4. The van der Waals surface area contributed by atoms with Gasteiger partial charge in [-0.15, -0.1) is 0 Å². The Morgan fingerprint density at radius 3 is 2.54 bits per heavy atom. The standard InChI is InChI=1S/C15H13FN2O6/c1-2-24-8-17-7-11(16)13(20)18(15(17)23)12(19)9-4-3-5-10(6-9)14(21)22/h3-7H,2,8H2,1H3,(H,21,22). The van der Waals surface area contributed by atoms with Crippen LogP contribution < -0.4 is 11.2 Å². The fourth-order valence-electron chi connectivity index (χ4n) is 1.94. The van der Waals surface area contributed by atoms with Gasteiger partial charge in [0.05, 0.1) is 11.8 Å². The predicted octanol–water partition coefficient (Wildman–Crippen LogP) is 0.530. The molecule has 24 heavy (non-hydrogen) atoms. The third kappa shape index (κ3) is 3.30. The Balaban J connectivity index is 2.59. The van der Waals surface area contributed by atoms with Gasteiger partial charge in [-0.3, -0.25) is 14.2 Å². The zero-order valence-corrected chi connectivity index (χ0v) is 12.6. The van der Waals surface area contributed by atoms with Crippen molar-refractivity contribution in [3.8, 4) is 0 Å². The number of halogens is 1. The first-order chi connectivity index (χ1) is 11.4. The van der Waals surface area contributed by atoms with E-state index in [-0.39, 0.29) is 29.0 Å². The molecule has 126 valence electrons. The molecule has 0 aliphatic carbocycles. The third-order valence-electron chi connectivity index (χ3n) is 3.11. The number of carboxylic acids is 1. The van der Waals surface area contributed by atoms with E-state index >= 15 is 0 Å². The van der Waals surface area contributed by atoms with E-state index in [9.17, 15) is 23.6 Å². The molecule has 0 amide bonds. The largest absolute Gasteiger partial charge is 0.478 e. The van der Waals surface area contributed by atoms with Crippen molar-refractivity contribution in [3.05, 3.63) is 68.2 Å². The molecule has 1 aromatic heterocycles. The minimum absolute atomic E-state index is 0.106. The monoisotopic (exact) mass is 336 g/mol. The molecule has 0 unspecified atom stereocenters. The number of hydrogen-bond acceptors (Lipinski definition) is 5. The molecule has 0 spiro atoms. The minimum atomic E-state index is -1.42. The van der Waals surface area contributed by atoms with Gasteiger partial charge in [0, 0.05) is 12.2 Å². The van der Waals surface area contributed by atoms with E-state index in [4.69, 9.17) is 9.84 Å². The number of ether oxygens (including phenoxy) is 1. The Morgan fingerprint density at radius 1 is 1.25 bits per heavy atom. The topological polar surface area (TPSA) is 108 Å². The van der Waals surface area contributed by atoms with E-state index < -0.39 is 28.9 Å². The van der Waals surface area contributed by atoms with Crippen LogP contribution in [0.5, 0.6) is 0 Å². The highest BCUT2D eigenvalue weighted by Gasteiger charge is 2.20. The molecule has 8 nitrogen and oxygen atoms in total. The zero-order valence-electron chi connectivity index (χ0n) is 12.6. The van der Waals surface area contributed by atoms with E-state index in [1.807, 2.05) is 0 Å². The minimum Gasteiger partial charge on any atom is -0.478 e. The molecule has 0 fully saturated rings. The fraction of sp³-hybridized carbons (Fsp3) is 0.200. The molecule has 0 aliphatic heterocycles. The predicted molar refractivity (Wildman–Crippen MR) is 79.7 cm³/mol. The highest BCUT2D eigenvalue weighted by molar-refractivity contribution is 5.98. The number of aromatic carboxylic acids is 1. The Kier molecular flexibility index (Phi) is 5.05. The maximum Gasteiger partial charge on any atom is 0.340 e. The molecule has 2 rings (SSSR count). The molecular weight excluding hydrogens is 323 g/mol. The van der Waals surface area contributed by atoms with Crippen molar-refractivity contribution in [2.75, 3.05) is 6.61 Å². The van der Waals surface area contributed by atoms with E-state index in [1.165, 1.54) is 18.2 Å². The van der Waals surface area contributed by atoms with Crippen LogP contribution in [0, 0.1) is 5.82 Å². The van der Waals surface area contributed by atoms with Gasteiger partial charge in [0.1, 0.15) is 6.73 Å². The lowest BCUT2D eigenvalue weighted by atomic mass is 10.1. The first-order valence-electron chi connectivity index (χ1n) is 6.84. The summed E-state index contributed by atoms with van der Waals surface area (Å²) in [6.07, 6.45) is 0.651. The van der Waals surface area contributed by atoms with Crippen molar-refractivity contribution >= 4 is 11.9 Å². The van der Waals surface area contributed by atoms with Crippen LogP contribution >= 0.6 is 0 Å². The van der Waals surface area contributed by atoms with Crippen LogP contribution in [0.1, 0.15) is 27.6 Å². The summed E-state index contributed by atoms with van der Waals surface area (Å²) in [6, 6.07) is 4.73. The number of hydrogen-bond donors (Lipinski definition) is 1. The molecule has 1 N–H and O–H groups in total. The van der Waals surface area contributed by atoms with Crippen molar-refractivity contribution in [1.29, 1.82) is 0 Å². The van der Waals surface area contributed by atoms with Crippen molar-refractivity contribution in [3.63, 3.8) is 0 Å². The number of carboxylic acid groups (broad SMARTS) is 1. The second-order valence-electron chi connectivity index (χ2n) is 4.68. The smallest absolute Gasteiger partial charge is 0.340 e. The molecule has 0 saturated heterocycles. The quantitative estimate of drug-likeness (QED) is 0.853. The maximum absolute atomic E-state index is 13.7. The van der Waals surface area contributed by atoms with Crippen LogP contribution in [0.3, 0.4) is 0 Å². The number of rotatable bonds is 5. The Bertz CT molecular complexity index is 915. The lowest BCUT2D eigenvalue weighted by Crippen LogP contribution is -2.45. The second-order valence-corrected chi connectivity index (χ2v) is 4.68. The van der Waals surface area contributed by atoms with Gasteiger partial charge in [-0.25, -0.2) is 9.59 Å². The van der Waals surface area contributed by atoms with Gasteiger partial charge in [0.2, 0.25) is 5.82 Å². The van der Waals surface area contributed by atoms with Gasteiger partial charge in [0.15, 0.2) is 0 Å². The fourth-order valence-corrected chi connectivity index (χ4v) is 1.94. The van der Waals surface area contributed by atoms with E-state index in [0.29, 0.717) is 6.20 Å². The van der Waals surface area contributed by atoms with Gasteiger partial charge in [-0.1, -0.05) is 6.07 Å². The number of benzene rings is 1. The summed E-state index contributed by atoms with van der Waals surface area (Å²) in [5.74, 6) is -3.72. The van der Waals surface area contributed by atoms with Crippen molar-refractivity contribution in [2.45, 2.75) is 13.7 Å². The van der Waals surface area contributed by atoms with Gasteiger partial charge < -0.3 is 9.84 Å². The van der Waals surface area contributed by atoms with Crippen LogP contribution in [-0.4, -0.2) is 32.7 Å². The number of carbonyl (C=O) groups is 2. The Hall–Kier alpha value is -3.07. The summed E-state index contributed by atoms with van der Waals surface area (Å²) < 4.78 is 19.6. The van der Waals surface area contributed by atoms with Gasteiger partial charge in [-0.2, -0.15) is 8.96 Å². The second kappa shape index (κ2) is 7.01. The van der Waals surface area contributed by atoms with Crippen molar-refractivity contribution in [2.24, 2.45) is 0 Å². The normalized spacial score (nSPS) is 10.6. The van der Waals surface area contributed by atoms with Crippen molar-refractivity contribution in [1.82, 2.24) is 9.13 Å². The summed E-state index contributed by atoms with van der Waals surface area (Å²) in [5.41, 5.74) is -2.94. The average molecular weight is 336 g/mol. The van der Waals surface area contributed by atoms with E-state index in [0.717, 1.165) is 10.6 Å². The molecule has 1 aromatic carbocycles. The Morgan fingerprint density at radius 2 is 1.92 bits per heavy atom. The first kappa shape index (κ1) is 17.3. The Labute approximate surface area is 134 Å². The van der Waals surface area contributed by atoms with Crippen LogP contribution in [0.25, 0.3) is 0 Å². The average Bonchev–Trinajstić information content (AvgIpc) is 2.57. The van der Waals surface area contributed by atoms with Crippen molar-refractivity contribution < 1.29 is 23.8 Å². The van der Waals surface area contributed by atoms with Crippen LogP contribution in [0.4, 0.5) is 4.39 Å². The molecule has 2 aromatic rings. The molecular formula is C15H13FN2O6. The van der Waals surface area contributed by atoms with Crippen LogP contribution in [0.15, 0.2) is 40.1 Å². The third-order valence-corrected chi connectivity index (χ3v) is 3.11. The lowest BCUT2D eigenvalue weighted by molar-refractivity contribution is 0.0697. The summed E-state index contributed by atoms with van der Waals surface area (Å²) >= 11 is 0. The lowest BCUT2D eigenvalue weighted by Gasteiger charge is -2.10. The molecule has 9 heteroatoms.